The van der Waals surface area contributed by atoms with Gasteiger partial charge >= 0.3 is 10.2 Å². The van der Waals surface area contributed by atoms with E-state index in [-0.39, 0.29) is 34.3 Å². The second-order valence-corrected chi connectivity index (χ2v) is 21.9. The third-order valence-corrected chi connectivity index (χ3v) is 17.3. The second kappa shape index (κ2) is 15.0. The molecule has 6 fully saturated rings. The molecule has 0 radical (unpaired) electrons. The molecule has 1 aromatic heterocycles. The number of carbonyl (C=O) groups excluding carboxylic acids is 5. The highest BCUT2D eigenvalue weighted by Gasteiger charge is 2.85. The normalized spacial score (nSPS) is 29.4. The molecule has 5 amide bonds. The first-order valence-electron chi connectivity index (χ1n) is 22.0. The number of likely N-dealkylation sites (tertiary alicyclic amines) is 1. The van der Waals surface area contributed by atoms with Crippen LogP contribution in [0.5, 0.6) is 0 Å². The molecule has 0 bridgehead atoms. The van der Waals surface area contributed by atoms with Gasteiger partial charge in [0.15, 0.2) is 5.76 Å². The standard InChI is InChI=1S/C45H62N6O8S/c1-7-30-25-45(30,40(56)49-60(57,58)50-22-13-14-23-50)48-36(52)31-26-44(42(5,6)43(44)20-15-21-43)27-51(31)39(55)35(41(2,3)4)47-38(54)34(28-16-9-8-10-17-28)46-37(53)33-24-29-18-11-12-19-32(29)59-33/h7,11-12,18-19,24,28,30-31,34-35H,1,8-10,13-17,20-23,25-27H2,2-6H3,(H,46,53)(H,47,54)(H,48,52)(H,49,56)/t30-,31+,34+,35-,44-,45-/m1/s1. The quantitative estimate of drug-likeness (QED) is 0.216. The summed E-state index contributed by atoms with van der Waals surface area (Å²) in [5, 5.41) is 9.78. The van der Waals surface area contributed by atoms with E-state index in [1.807, 2.05) is 39.0 Å². The number of carbonyl (C=O) groups is 5. The minimum absolute atomic E-state index is 0.0385. The molecule has 6 atom stereocenters. The van der Waals surface area contributed by atoms with Crippen molar-refractivity contribution in [1.29, 1.82) is 0 Å². The van der Waals surface area contributed by atoms with E-state index >= 15 is 4.79 Å². The van der Waals surface area contributed by atoms with Crippen molar-refractivity contribution in [2.24, 2.45) is 33.5 Å². The summed E-state index contributed by atoms with van der Waals surface area (Å²) in [5.74, 6) is -3.32. The van der Waals surface area contributed by atoms with Crippen LogP contribution in [-0.4, -0.2) is 90.5 Å². The first-order chi connectivity index (χ1) is 28.3. The molecular formula is C45H62N6O8S. The van der Waals surface area contributed by atoms with Crippen molar-refractivity contribution in [3.05, 3.63) is 48.7 Å². The van der Waals surface area contributed by atoms with Crippen LogP contribution in [0.4, 0.5) is 0 Å². The summed E-state index contributed by atoms with van der Waals surface area (Å²) in [6.45, 7) is 14.8. The number of hydrogen-bond donors (Lipinski definition) is 4. The van der Waals surface area contributed by atoms with Gasteiger partial charge < -0.3 is 25.3 Å². The Morgan fingerprint density at radius 3 is 2.18 bits per heavy atom. The molecule has 15 heteroatoms. The summed E-state index contributed by atoms with van der Waals surface area (Å²) in [4.78, 5) is 73.8. The highest BCUT2D eigenvalue weighted by molar-refractivity contribution is 7.87. The van der Waals surface area contributed by atoms with Crippen molar-refractivity contribution in [2.45, 2.75) is 135 Å². The van der Waals surface area contributed by atoms with Gasteiger partial charge in [0, 0.05) is 36.4 Å². The minimum Gasteiger partial charge on any atom is -0.451 e. The minimum atomic E-state index is -4.12. The molecule has 4 aliphatic carbocycles. The number of benzene rings is 1. The predicted molar refractivity (Wildman–Crippen MR) is 225 cm³/mol. The topological polar surface area (TPSA) is 187 Å². The number of nitrogens with zero attached hydrogens (tertiary/aromatic N) is 2. The van der Waals surface area contributed by atoms with Gasteiger partial charge in [0.1, 0.15) is 29.2 Å². The molecule has 8 rings (SSSR count). The number of hydrogen-bond acceptors (Lipinski definition) is 8. The molecular weight excluding hydrogens is 785 g/mol. The molecule has 2 aromatic rings. The van der Waals surface area contributed by atoms with Gasteiger partial charge in [-0.2, -0.15) is 12.7 Å². The zero-order chi connectivity index (χ0) is 43.0. The van der Waals surface area contributed by atoms with Crippen LogP contribution in [0.2, 0.25) is 0 Å². The maximum absolute atomic E-state index is 15.2. The molecule has 2 spiro atoms. The van der Waals surface area contributed by atoms with Gasteiger partial charge in [-0.1, -0.05) is 84.6 Å². The zero-order valence-corrected chi connectivity index (χ0v) is 36.5. The lowest BCUT2D eigenvalue weighted by molar-refractivity contribution is -0.145. The number of furan rings is 1. The van der Waals surface area contributed by atoms with E-state index in [0.29, 0.717) is 44.5 Å². The number of amides is 5. The van der Waals surface area contributed by atoms with Crippen LogP contribution in [0.25, 0.3) is 11.0 Å². The first kappa shape index (κ1) is 42.5. The predicted octanol–water partition coefficient (Wildman–Crippen LogP) is 4.96. The van der Waals surface area contributed by atoms with Gasteiger partial charge in [-0.05, 0) is 85.7 Å². The molecule has 6 aliphatic rings. The maximum Gasteiger partial charge on any atom is 0.303 e. The Labute approximate surface area is 353 Å². The Kier molecular flexibility index (Phi) is 10.6. The van der Waals surface area contributed by atoms with E-state index in [0.717, 1.165) is 56.8 Å². The van der Waals surface area contributed by atoms with Gasteiger partial charge in [0.05, 0.1) is 0 Å². The van der Waals surface area contributed by atoms with Crippen LogP contribution in [0.15, 0.2) is 47.4 Å². The van der Waals surface area contributed by atoms with Crippen LogP contribution in [0, 0.1) is 33.5 Å². The maximum atomic E-state index is 15.2. The van der Waals surface area contributed by atoms with Gasteiger partial charge in [-0.15, -0.1) is 6.58 Å². The Morgan fingerprint density at radius 1 is 0.917 bits per heavy atom. The Morgan fingerprint density at radius 2 is 1.60 bits per heavy atom. The molecule has 326 valence electrons. The average molecular weight is 847 g/mol. The van der Waals surface area contributed by atoms with Crippen molar-refractivity contribution in [3.8, 4) is 0 Å². The van der Waals surface area contributed by atoms with Gasteiger partial charge in [0.2, 0.25) is 17.7 Å². The summed E-state index contributed by atoms with van der Waals surface area (Å²) in [6.07, 6.45) is 10.9. The van der Waals surface area contributed by atoms with Crippen molar-refractivity contribution >= 4 is 50.7 Å². The molecule has 3 heterocycles. The fraction of sp³-hybridized carbons (Fsp3) is 0.667. The number of nitrogens with one attached hydrogen (secondary N) is 4. The van der Waals surface area contributed by atoms with Crippen LogP contribution < -0.4 is 20.7 Å². The first-order valence-corrected chi connectivity index (χ1v) is 23.4. The van der Waals surface area contributed by atoms with Crippen LogP contribution in [0.3, 0.4) is 0 Å². The van der Waals surface area contributed by atoms with Crippen LogP contribution >= 0.6 is 0 Å². The fourth-order valence-electron chi connectivity index (χ4n) is 11.8. The smallest absolute Gasteiger partial charge is 0.303 e. The number of fused-ring (bicyclic) bond motifs is 2. The largest absolute Gasteiger partial charge is 0.451 e. The molecule has 0 unspecified atom stereocenters. The summed E-state index contributed by atoms with van der Waals surface area (Å²) < 4.78 is 35.7. The summed E-state index contributed by atoms with van der Waals surface area (Å²) in [6, 6.07) is 5.97. The second-order valence-electron chi connectivity index (χ2n) is 20.2. The lowest BCUT2D eigenvalue weighted by atomic mass is 9.73. The third-order valence-electron chi connectivity index (χ3n) is 15.8. The Bertz CT molecular complexity index is 2160. The summed E-state index contributed by atoms with van der Waals surface area (Å²) >= 11 is 0. The van der Waals surface area contributed by atoms with E-state index in [2.05, 4.69) is 41.1 Å². The van der Waals surface area contributed by atoms with Crippen molar-refractivity contribution in [3.63, 3.8) is 0 Å². The summed E-state index contributed by atoms with van der Waals surface area (Å²) in [5.41, 5.74) is -2.35. The lowest BCUT2D eigenvalue weighted by Crippen LogP contribution is -2.62. The van der Waals surface area contributed by atoms with Crippen molar-refractivity contribution < 1.29 is 36.8 Å². The SMILES string of the molecule is C=C[C@@H]1C[C@]1(NC(=O)[C@@H]1C[C@@]2(CN1C(=O)[C@@H](NC(=O)[C@@H](NC(=O)c1cc3ccccc3o1)C1CCCCC1)C(C)(C)C)C(C)(C)C21CCC1)C(=O)NS(=O)(=O)N1CCCC1. The molecule has 2 saturated heterocycles. The Balaban J connectivity index is 1.06. The molecule has 4 N–H and O–H groups in total. The summed E-state index contributed by atoms with van der Waals surface area (Å²) in [7, 11) is -4.12. The molecule has 4 saturated carbocycles. The van der Waals surface area contributed by atoms with Gasteiger partial charge in [0.25, 0.3) is 11.8 Å². The molecule has 60 heavy (non-hydrogen) atoms. The van der Waals surface area contributed by atoms with Crippen LogP contribution in [0.1, 0.15) is 122 Å². The monoisotopic (exact) mass is 846 g/mol. The fourth-order valence-corrected chi connectivity index (χ4v) is 13.1. The zero-order valence-electron chi connectivity index (χ0n) is 35.7. The number of para-hydroxylation sites is 1. The van der Waals surface area contributed by atoms with E-state index < -0.39 is 74.7 Å². The lowest BCUT2D eigenvalue weighted by Gasteiger charge is -2.38. The number of rotatable bonds is 12. The van der Waals surface area contributed by atoms with Gasteiger partial charge in [-0.3, -0.25) is 24.0 Å². The van der Waals surface area contributed by atoms with E-state index in [1.165, 1.54) is 4.31 Å². The molecule has 1 aromatic carbocycles. The average Bonchev–Trinajstić information content (AvgIpc) is 3.59. The van der Waals surface area contributed by atoms with E-state index in [9.17, 15) is 27.6 Å². The van der Waals surface area contributed by atoms with E-state index in [1.54, 1.807) is 23.1 Å². The molecule has 14 nitrogen and oxygen atoms in total. The van der Waals surface area contributed by atoms with Gasteiger partial charge in [-0.25, -0.2) is 4.72 Å². The van der Waals surface area contributed by atoms with Crippen molar-refractivity contribution in [2.75, 3.05) is 19.6 Å². The third kappa shape index (κ3) is 6.85. The Hall–Kier alpha value is -4.24. The van der Waals surface area contributed by atoms with Crippen molar-refractivity contribution in [1.82, 2.24) is 29.9 Å². The van der Waals surface area contributed by atoms with E-state index in [4.69, 9.17) is 4.42 Å². The molecule has 2 aliphatic heterocycles. The van der Waals surface area contributed by atoms with Crippen LogP contribution in [-0.2, 0) is 29.4 Å². The highest BCUT2D eigenvalue weighted by Crippen LogP contribution is 2.88. The highest BCUT2D eigenvalue weighted by atomic mass is 32.2.